The first-order valence-corrected chi connectivity index (χ1v) is 7.26. The molecular formula is C17H25NO4. The number of esters is 2. The Morgan fingerprint density at radius 1 is 1.14 bits per heavy atom. The van der Waals surface area contributed by atoms with Crippen LogP contribution in [-0.4, -0.2) is 24.1 Å². The van der Waals surface area contributed by atoms with E-state index in [4.69, 9.17) is 9.47 Å². The topological polar surface area (TPSA) is 64.6 Å². The van der Waals surface area contributed by atoms with Gasteiger partial charge in [0, 0.05) is 12.6 Å². The van der Waals surface area contributed by atoms with Crippen LogP contribution in [0.5, 0.6) is 5.75 Å². The summed E-state index contributed by atoms with van der Waals surface area (Å²) in [6.07, 6.45) is 0. The highest BCUT2D eigenvalue weighted by Crippen LogP contribution is 2.31. The normalized spacial score (nSPS) is 11.0. The van der Waals surface area contributed by atoms with E-state index in [0.29, 0.717) is 5.75 Å². The molecule has 0 saturated carbocycles. The molecule has 0 amide bonds. The van der Waals surface area contributed by atoms with E-state index in [1.807, 2.05) is 47.6 Å². The monoisotopic (exact) mass is 307 g/mol. The van der Waals surface area contributed by atoms with Crippen LogP contribution in [0, 0.1) is 20.8 Å². The number of hydrogen-bond acceptors (Lipinski definition) is 5. The Hall–Kier alpha value is -2.04. The average Bonchev–Trinajstić information content (AvgIpc) is 2.35. The highest BCUT2D eigenvalue weighted by atomic mass is 16.6. The van der Waals surface area contributed by atoms with Gasteiger partial charge in [-0.2, -0.15) is 0 Å². The zero-order valence-electron chi connectivity index (χ0n) is 14.4. The summed E-state index contributed by atoms with van der Waals surface area (Å²) in [5.41, 5.74) is 2.98. The Balaban J connectivity index is 2.89. The van der Waals surface area contributed by atoms with Gasteiger partial charge in [-0.1, -0.05) is 0 Å². The van der Waals surface area contributed by atoms with Gasteiger partial charge in [0.1, 0.15) is 17.9 Å². The molecule has 0 spiro atoms. The zero-order chi connectivity index (χ0) is 17.1. The summed E-state index contributed by atoms with van der Waals surface area (Å²) < 4.78 is 10.5. The lowest BCUT2D eigenvalue weighted by Gasteiger charge is -2.21. The highest BCUT2D eigenvalue weighted by molar-refractivity contribution is 5.77. The van der Waals surface area contributed by atoms with Crippen LogP contribution < -0.4 is 10.1 Å². The molecule has 0 aliphatic carbocycles. The fourth-order valence-electron chi connectivity index (χ4n) is 2.09. The molecule has 5 heteroatoms. The molecule has 1 aromatic rings. The SMILES string of the molecule is CC(=O)Oc1c(C)cc(NCC(=O)OC(C)(C)C)c(C)c1C. The van der Waals surface area contributed by atoms with Crippen LogP contribution in [0.2, 0.25) is 0 Å². The van der Waals surface area contributed by atoms with E-state index in [1.54, 1.807) is 0 Å². The van der Waals surface area contributed by atoms with E-state index >= 15 is 0 Å². The number of carbonyl (C=O) groups is 2. The largest absolute Gasteiger partial charge is 0.459 e. The molecule has 0 atom stereocenters. The Labute approximate surface area is 132 Å². The minimum Gasteiger partial charge on any atom is -0.459 e. The van der Waals surface area contributed by atoms with E-state index < -0.39 is 5.60 Å². The molecule has 122 valence electrons. The number of carbonyl (C=O) groups excluding carboxylic acids is 2. The Kier molecular flexibility index (Phi) is 5.58. The lowest BCUT2D eigenvalue weighted by Crippen LogP contribution is -2.28. The second-order valence-corrected chi connectivity index (χ2v) is 6.35. The third-order valence-electron chi connectivity index (χ3n) is 3.12. The van der Waals surface area contributed by atoms with Crippen molar-refractivity contribution in [1.82, 2.24) is 0 Å². The first kappa shape index (κ1) is 18.0. The zero-order valence-corrected chi connectivity index (χ0v) is 14.4. The minimum atomic E-state index is -0.501. The van der Waals surface area contributed by atoms with Crippen LogP contribution in [0.1, 0.15) is 44.4 Å². The lowest BCUT2D eigenvalue weighted by molar-refractivity contribution is -0.152. The fraction of sp³-hybridized carbons (Fsp3) is 0.529. The third-order valence-corrected chi connectivity index (χ3v) is 3.12. The van der Waals surface area contributed by atoms with Crippen molar-refractivity contribution in [3.63, 3.8) is 0 Å². The van der Waals surface area contributed by atoms with E-state index in [9.17, 15) is 9.59 Å². The van der Waals surface area contributed by atoms with Crippen molar-refractivity contribution in [2.75, 3.05) is 11.9 Å². The van der Waals surface area contributed by atoms with Crippen LogP contribution >= 0.6 is 0 Å². The van der Waals surface area contributed by atoms with E-state index in [0.717, 1.165) is 22.4 Å². The van der Waals surface area contributed by atoms with Crippen molar-refractivity contribution in [3.8, 4) is 5.75 Å². The van der Waals surface area contributed by atoms with Crippen molar-refractivity contribution < 1.29 is 19.1 Å². The van der Waals surface area contributed by atoms with Gasteiger partial charge >= 0.3 is 11.9 Å². The standard InChI is InChI=1S/C17H25NO4/c1-10-8-14(18-9-15(20)22-17(5,6)7)11(2)12(3)16(10)21-13(4)19/h8,18H,9H2,1-7H3. The van der Waals surface area contributed by atoms with Crippen LogP contribution in [0.25, 0.3) is 0 Å². The molecule has 1 N–H and O–H groups in total. The summed E-state index contributed by atoms with van der Waals surface area (Å²) in [5.74, 6) is -0.0841. The molecule has 0 bridgehead atoms. The Bertz CT molecular complexity index is 585. The fourth-order valence-corrected chi connectivity index (χ4v) is 2.09. The molecule has 0 aliphatic rings. The second kappa shape index (κ2) is 6.81. The molecule has 0 aliphatic heterocycles. The van der Waals surface area contributed by atoms with Crippen molar-refractivity contribution in [2.45, 2.75) is 54.1 Å². The van der Waals surface area contributed by atoms with E-state index in [2.05, 4.69) is 5.32 Å². The number of aryl methyl sites for hydroxylation is 1. The van der Waals surface area contributed by atoms with Gasteiger partial charge in [-0.05, 0) is 64.3 Å². The van der Waals surface area contributed by atoms with Gasteiger partial charge < -0.3 is 14.8 Å². The smallest absolute Gasteiger partial charge is 0.325 e. The summed E-state index contributed by atoms with van der Waals surface area (Å²) in [6.45, 7) is 12.6. The molecule has 1 rings (SSSR count). The van der Waals surface area contributed by atoms with Crippen LogP contribution in [-0.2, 0) is 14.3 Å². The Morgan fingerprint density at radius 2 is 1.73 bits per heavy atom. The van der Waals surface area contributed by atoms with Crippen LogP contribution in [0.15, 0.2) is 6.07 Å². The molecule has 0 saturated heterocycles. The van der Waals surface area contributed by atoms with Gasteiger partial charge in [0.25, 0.3) is 0 Å². The number of benzene rings is 1. The molecule has 0 unspecified atom stereocenters. The quantitative estimate of drug-likeness (QED) is 0.683. The van der Waals surface area contributed by atoms with Crippen molar-refractivity contribution in [1.29, 1.82) is 0 Å². The summed E-state index contributed by atoms with van der Waals surface area (Å²) in [7, 11) is 0. The number of ether oxygens (including phenoxy) is 2. The molecule has 22 heavy (non-hydrogen) atoms. The third kappa shape index (κ3) is 5.06. The van der Waals surface area contributed by atoms with Gasteiger partial charge in [-0.3, -0.25) is 9.59 Å². The van der Waals surface area contributed by atoms with Gasteiger partial charge in [0.2, 0.25) is 0 Å². The molecular weight excluding hydrogens is 282 g/mol. The average molecular weight is 307 g/mol. The van der Waals surface area contributed by atoms with Crippen molar-refractivity contribution in [3.05, 3.63) is 22.8 Å². The minimum absolute atomic E-state index is 0.0872. The van der Waals surface area contributed by atoms with Gasteiger partial charge in [-0.15, -0.1) is 0 Å². The lowest BCUT2D eigenvalue weighted by atomic mass is 10.0. The number of hydrogen-bond donors (Lipinski definition) is 1. The predicted octanol–water partition coefficient (Wildman–Crippen LogP) is 3.29. The maximum atomic E-state index is 11.8. The Morgan fingerprint density at radius 3 is 2.23 bits per heavy atom. The van der Waals surface area contributed by atoms with E-state index in [1.165, 1.54) is 6.92 Å². The van der Waals surface area contributed by atoms with Crippen molar-refractivity contribution in [2.24, 2.45) is 0 Å². The summed E-state index contributed by atoms with van der Waals surface area (Å²) in [6, 6.07) is 1.87. The van der Waals surface area contributed by atoms with Gasteiger partial charge in [-0.25, -0.2) is 0 Å². The van der Waals surface area contributed by atoms with Crippen LogP contribution in [0.3, 0.4) is 0 Å². The molecule has 5 nitrogen and oxygen atoms in total. The first-order valence-electron chi connectivity index (χ1n) is 7.26. The summed E-state index contributed by atoms with van der Waals surface area (Å²) in [4.78, 5) is 22.9. The molecule has 0 fully saturated rings. The molecule has 0 heterocycles. The number of rotatable bonds is 4. The molecule has 1 aromatic carbocycles. The molecule has 0 radical (unpaired) electrons. The maximum Gasteiger partial charge on any atom is 0.325 e. The van der Waals surface area contributed by atoms with Crippen molar-refractivity contribution >= 4 is 17.6 Å². The van der Waals surface area contributed by atoms with Gasteiger partial charge in [0.15, 0.2) is 0 Å². The number of anilines is 1. The maximum absolute atomic E-state index is 11.8. The molecule has 0 aromatic heterocycles. The van der Waals surface area contributed by atoms with Crippen LogP contribution in [0.4, 0.5) is 5.69 Å². The first-order chi connectivity index (χ1) is 10.0. The number of nitrogens with one attached hydrogen (secondary N) is 1. The van der Waals surface area contributed by atoms with Gasteiger partial charge in [0.05, 0.1) is 0 Å². The van der Waals surface area contributed by atoms with E-state index in [-0.39, 0.29) is 18.5 Å². The highest BCUT2D eigenvalue weighted by Gasteiger charge is 2.17. The summed E-state index contributed by atoms with van der Waals surface area (Å²) >= 11 is 0. The second-order valence-electron chi connectivity index (χ2n) is 6.35. The predicted molar refractivity (Wildman–Crippen MR) is 86.3 cm³/mol. The summed E-state index contributed by atoms with van der Waals surface area (Å²) in [5, 5.41) is 3.08.